The van der Waals surface area contributed by atoms with Crippen LogP contribution in [0.5, 0.6) is 0 Å². The van der Waals surface area contributed by atoms with Crippen molar-refractivity contribution in [3.63, 3.8) is 0 Å². The van der Waals surface area contributed by atoms with E-state index in [2.05, 4.69) is 5.32 Å². The fourth-order valence-corrected chi connectivity index (χ4v) is 3.37. The van der Waals surface area contributed by atoms with Crippen LogP contribution in [-0.4, -0.2) is 24.2 Å². The van der Waals surface area contributed by atoms with Crippen LogP contribution in [0.2, 0.25) is 0 Å². The SMILES string of the molecule is Cc1c(NC(=O)c2ccc(C(C)(C)C)cc2F)cccc1B1OC(C)(C)C(C)(C)O1. The number of halogens is 1. The Hall–Kier alpha value is -2.18. The molecule has 1 aliphatic rings. The Morgan fingerprint density at radius 2 is 1.63 bits per heavy atom. The first kappa shape index (κ1) is 22.5. The molecule has 1 fully saturated rings. The monoisotopic (exact) mass is 411 g/mol. The minimum atomic E-state index is -0.533. The summed E-state index contributed by atoms with van der Waals surface area (Å²) in [6.45, 7) is 15.9. The number of hydrogen-bond acceptors (Lipinski definition) is 3. The summed E-state index contributed by atoms with van der Waals surface area (Å²) in [4.78, 5) is 12.8. The molecule has 0 aliphatic carbocycles. The molecule has 0 unspecified atom stereocenters. The first-order valence-corrected chi connectivity index (χ1v) is 10.3. The van der Waals surface area contributed by atoms with E-state index < -0.39 is 30.0 Å². The molecule has 1 N–H and O–H groups in total. The predicted molar refractivity (Wildman–Crippen MR) is 120 cm³/mol. The van der Waals surface area contributed by atoms with Gasteiger partial charge in [0.25, 0.3) is 5.91 Å². The lowest BCUT2D eigenvalue weighted by Gasteiger charge is -2.32. The molecule has 6 heteroatoms. The third-order valence-electron chi connectivity index (χ3n) is 6.21. The summed E-state index contributed by atoms with van der Waals surface area (Å²) in [5, 5.41) is 2.84. The van der Waals surface area contributed by atoms with Crippen LogP contribution in [0.25, 0.3) is 0 Å². The Morgan fingerprint density at radius 3 is 2.17 bits per heavy atom. The van der Waals surface area contributed by atoms with E-state index in [9.17, 15) is 9.18 Å². The average molecular weight is 411 g/mol. The van der Waals surface area contributed by atoms with E-state index in [1.165, 1.54) is 6.07 Å². The molecule has 1 aliphatic heterocycles. The molecule has 4 nitrogen and oxygen atoms in total. The number of hydrogen-bond donors (Lipinski definition) is 1. The summed E-state index contributed by atoms with van der Waals surface area (Å²) >= 11 is 0. The molecule has 0 spiro atoms. The Bertz CT molecular complexity index is 963. The topological polar surface area (TPSA) is 47.6 Å². The quantitative estimate of drug-likeness (QED) is 0.725. The van der Waals surface area contributed by atoms with Crippen molar-refractivity contribution < 1.29 is 18.5 Å². The van der Waals surface area contributed by atoms with Gasteiger partial charge in [0.1, 0.15) is 5.82 Å². The van der Waals surface area contributed by atoms with Gasteiger partial charge in [-0.05, 0) is 74.8 Å². The van der Waals surface area contributed by atoms with Crippen molar-refractivity contribution in [1.82, 2.24) is 0 Å². The maximum absolute atomic E-state index is 14.6. The Labute approximate surface area is 179 Å². The molecule has 30 heavy (non-hydrogen) atoms. The molecular formula is C24H31BFNO3. The van der Waals surface area contributed by atoms with Crippen molar-refractivity contribution in [2.75, 3.05) is 5.32 Å². The van der Waals surface area contributed by atoms with Gasteiger partial charge in [0.05, 0.1) is 16.8 Å². The molecule has 160 valence electrons. The molecule has 3 rings (SSSR count). The summed E-state index contributed by atoms with van der Waals surface area (Å²) < 4.78 is 26.9. The molecular weight excluding hydrogens is 380 g/mol. The largest absolute Gasteiger partial charge is 0.495 e. The number of benzene rings is 2. The zero-order chi connectivity index (χ0) is 22.5. The highest BCUT2D eigenvalue weighted by Gasteiger charge is 2.52. The predicted octanol–water partition coefficient (Wildman–Crippen LogP) is 4.98. The molecule has 1 heterocycles. The van der Waals surface area contributed by atoms with Crippen LogP contribution in [0.1, 0.15) is 70.0 Å². The first-order chi connectivity index (χ1) is 13.7. The maximum atomic E-state index is 14.6. The van der Waals surface area contributed by atoms with E-state index in [0.29, 0.717) is 5.69 Å². The van der Waals surface area contributed by atoms with Gasteiger partial charge in [0, 0.05) is 5.69 Å². The van der Waals surface area contributed by atoms with Crippen LogP contribution >= 0.6 is 0 Å². The third kappa shape index (κ3) is 4.16. The van der Waals surface area contributed by atoms with Gasteiger partial charge in [-0.1, -0.05) is 39.0 Å². The zero-order valence-corrected chi connectivity index (χ0v) is 19.1. The summed E-state index contributed by atoms with van der Waals surface area (Å²) in [5.74, 6) is -1.01. The summed E-state index contributed by atoms with van der Waals surface area (Å²) in [5.41, 5.74) is 2.03. The van der Waals surface area contributed by atoms with E-state index in [4.69, 9.17) is 9.31 Å². The number of rotatable bonds is 3. The lowest BCUT2D eigenvalue weighted by Crippen LogP contribution is -2.41. The van der Waals surface area contributed by atoms with E-state index >= 15 is 0 Å². The average Bonchev–Trinajstić information content (AvgIpc) is 2.83. The number of carbonyl (C=O) groups excluding carboxylic acids is 1. The van der Waals surface area contributed by atoms with E-state index in [1.54, 1.807) is 18.2 Å². The van der Waals surface area contributed by atoms with E-state index in [1.807, 2.05) is 67.5 Å². The minimum Gasteiger partial charge on any atom is -0.399 e. The van der Waals surface area contributed by atoms with Crippen LogP contribution in [0.15, 0.2) is 36.4 Å². The van der Waals surface area contributed by atoms with Crippen molar-refractivity contribution in [3.05, 3.63) is 58.9 Å². The first-order valence-electron chi connectivity index (χ1n) is 10.3. The summed E-state index contributed by atoms with van der Waals surface area (Å²) in [6, 6.07) is 10.3. The van der Waals surface area contributed by atoms with Gasteiger partial charge in [0.2, 0.25) is 0 Å². The fraction of sp³-hybridized carbons (Fsp3) is 0.458. The second-order valence-corrected chi connectivity index (χ2v) is 10.0. The molecule has 0 atom stereocenters. The Morgan fingerprint density at radius 1 is 1.03 bits per heavy atom. The highest BCUT2D eigenvalue weighted by Crippen LogP contribution is 2.37. The van der Waals surface area contributed by atoms with Gasteiger partial charge in [-0.2, -0.15) is 0 Å². The molecule has 0 saturated carbocycles. The summed E-state index contributed by atoms with van der Waals surface area (Å²) in [6.07, 6.45) is 0. The van der Waals surface area contributed by atoms with Gasteiger partial charge >= 0.3 is 7.12 Å². The normalized spacial score (nSPS) is 17.8. The molecule has 0 bridgehead atoms. The number of anilines is 1. The molecule has 1 saturated heterocycles. The molecule has 1 amide bonds. The number of carbonyl (C=O) groups is 1. The minimum absolute atomic E-state index is 0.0171. The smallest absolute Gasteiger partial charge is 0.399 e. The zero-order valence-electron chi connectivity index (χ0n) is 19.1. The fourth-order valence-electron chi connectivity index (χ4n) is 3.37. The van der Waals surface area contributed by atoms with Crippen molar-refractivity contribution in [3.8, 4) is 0 Å². The van der Waals surface area contributed by atoms with Crippen LogP contribution < -0.4 is 10.8 Å². The molecule has 2 aromatic carbocycles. The van der Waals surface area contributed by atoms with Crippen molar-refractivity contribution in [2.24, 2.45) is 0 Å². The lowest BCUT2D eigenvalue weighted by atomic mass is 9.76. The van der Waals surface area contributed by atoms with Crippen LogP contribution in [0, 0.1) is 12.7 Å². The Balaban J connectivity index is 1.85. The van der Waals surface area contributed by atoms with Gasteiger partial charge in [-0.3, -0.25) is 4.79 Å². The number of amides is 1. The van der Waals surface area contributed by atoms with Gasteiger partial charge in [-0.25, -0.2) is 4.39 Å². The highest BCUT2D eigenvalue weighted by molar-refractivity contribution is 6.62. The van der Waals surface area contributed by atoms with E-state index in [-0.39, 0.29) is 11.0 Å². The highest BCUT2D eigenvalue weighted by atomic mass is 19.1. The van der Waals surface area contributed by atoms with Gasteiger partial charge in [0.15, 0.2) is 0 Å². The third-order valence-corrected chi connectivity index (χ3v) is 6.21. The van der Waals surface area contributed by atoms with Crippen LogP contribution in [0.3, 0.4) is 0 Å². The second kappa shape index (κ2) is 7.50. The Kier molecular flexibility index (Phi) is 5.63. The molecule has 2 aromatic rings. The second-order valence-electron chi connectivity index (χ2n) is 10.0. The van der Waals surface area contributed by atoms with Crippen LogP contribution in [-0.2, 0) is 14.7 Å². The molecule has 0 aromatic heterocycles. The maximum Gasteiger partial charge on any atom is 0.495 e. The lowest BCUT2D eigenvalue weighted by molar-refractivity contribution is 0.00578. The van der Waals surface area contributed by atoms with E-state index in [0.717, 1.165) is 16.6 Å². The summed E-state index contributed by atoms with van der Waals surface area (Å²) in [7, 11) is -0.533. The van der Waals surface area contributed by atoms with Crippen molar-refractivity contribution >= 4 is 24.2 Å². The van der Waals surface area contributed by atoms with Crippen LogP contribution in [0.4, 0.5) is 10.1 Å². The van der Waals surface area contributed by atoms with Crippen molar-refractivity contribution in [2.45, 2.75) is 72.0 Å². The molecule has 0 radical (unpaired) electrons. The van der Waals surface area contributed by atoms with Gasteiger partial charge < -0.3 is 14.6 Å². The standard InChI is InChI=1S/C24H31BFNO3/c1-15-18(25-29-23(5,6)24(7,8)30-25)10-9-11-20(15)27-21(28)17-13-12-16(14-19(17)26)22(2,3)4/h9-14H,1-8H3,(H,27,28). The number of nitrogens with one attached hydrogen (secondary N) is 1. The van der Waals surface area contributed by atoms with Gasteiger partial charge in [-0.15, -0.1) is 0 Å². The van der Waals surface area contributed by atoms with Crippen molar-refractivity contribution in [1.29, 1.82) is 0 Å².